The maximum Gasteiger partial charge on any atom is 0.237 e. The summed E-state index contributed by atoms with van der Waals surface area (Å²) in [5.74, 6) is 0.199. The average Bonchev–Trinajstić information content (AvgIpc) is 3.22. The predicted molar refractivity (Wildman–Crippen MR) is 126 cm³/mol. The van der Waals surface area contributed by atoms with E-state index in [1.807, 2.05) is 4.57 Å². The molecule has 1 aromatic heterocycles. The van der Waals surface area contributed by atoms with E-state index >= 15 is 0 Å². The third-order valence-corrected chi connectivity index (χ3v) is 6.60. The first-order valence-corrected chi connectivity index (χ1v) is 11.8. The Hall–Kier alpha value is -3.22. The Morgan fingerprint density at radius 3 is 2.61 bits per heavy atom. The Balaban J connectivity index is 1.56. The van der Waals surface area contributed by atoms with E-state index in [0.717, 1.165) is 37.4 Å². The van der Waals surface area contributed by atoms with E-state index in [1.165, 1.54) is 30.3 Å². The van der Waals surface area contributed by atoms with Crippen LogP contribution < -0.4 is 5.32 Å². The highest BCUT2D eigenvalue weighted by molar-refractivity contribution is 8.00. The molecule has 1 atom stereocenters. The monoisotopic (exact) mass is 464 g/mol. The van der Waals surface area contributed by atoms with Crippen LogP contribution in [-0.4, -0.2) is 43.9 Å². The first-order valence-electron chi connectivity index (χ1n) is 10.9. The molecular formula is C24H25FN6OS. The summed E-state index contributed by atoms with van der Waals surface area (Å²) >= 11 is 1.28. The summed E-state index contributed by atoms with van der Waals surface area (Å²) < 4.78 is 15.5. The number of nitrogens with zero attached hydrogens (tertiary/aromatic N) is 5. The third-order valence-electron chi connectivity index (χ3n) is 5.56. The zero-order valence-electron chi connectivity index (χ0n) is 18.4. The van der Waals surface area contributed by atoms with Gasteiger partial charge in [-0.25, -0.2) is 4.39 Å². The van der Waals surface area contributed by atoms with Gasteiger partial charge in [0.05, 0.1) is 23.0 Å². The molecule has 2 heterocycles. The largest absolute Gasteiger partial charge is 0.324 e. The molecule has 0 bridgehead atoms. The van der Waals surface area contributed by atoms with Crippen molar-refractivity contribution in [3.63, 3.8) is 0 Å². The van der Waals surface area contributed by atoms with Gasteiger partial charge in [0, 0.05) is 5.69 Å². The van der Waals surface area contributed by atoms with E-state index in [1.54, 1.807) is 43.3 Å². The summed E-state index contributed by atoms with van der Waals surface area (Å²) in [6, 6.07) is 15.2. The van der Waals surface area contributed by atoms with Crippen molar-refractivity contribution in [2.45, 2.75) is 43.1 Å². The Labute approximate surface area is 196 Å². The van der Waals surface area contributed by atoms with Crippen molar-refractivity contribution in [2.24, 2.45) is 0 Å². The molecule has 170 valence electrons. The lowest BCUT2D eigenvalue weighted by atomic mass is 10.1. The molecule has 0 spiro atoms. The topological polar surface area (TPSA) is 86.8 Å². The Morgan fingerprint density at radius 1 is 1.15 bits per heavy atom. The van der Waals surface area contributed by atoms with E-state index < -0.39 is 5.25 Å². The fraction of sp³-hybridized carbons (Fsp3) is 0.333. The van der Waals surface area contributed by atoms with Crippen molar-refractivity contribution in [1.82, 2.24) is 19.7 Å². The maximum atomic E-state index is 13.6. The van der Waals surface area contributed by atoms with Crippen LogP contribution in [0.3, 0.4) is 0 Å². The van der Waals surface area contributed by atoms with Crippen LogP contribution in [0.5, 0.6) is 0 Å². The summed E-state index contributed by atoms with van der Waals surface area (Å²) in [6.07, 6.45) is 3.56. The van der Waals surface area contributed by atoms with E-state index in [0.29, 0.717) is 23.0 Å². The fourth-order valence-electron chi connectivity index (χ4n) is 3.78. The molecule has 0 aliphatic carbocycles. The molecule has 1 aliphatic rings. The quantitative estimate of drug-likeness (QED) is 0.522. The number of thioether (sulfide) groups is 1. The number of nitriles is 1. The summed E-state index contributed by atoms with van der Waals surface area (Å²) in [6.45, 7) is 4.44. The number of benzene rings is 2. The molecule has 1 amide bonds. The first kappa shape index (κ1) is 23.0. The molecule has 1 N–H and O–H groups in total. The number of amides is 1. The van der Waals surface area contributed by atoms with Crippen LogP contribution in [0.2, 0.25) is 0 Å². The number of carbonyl (C=O) groups excluding carboxylic acids is 1. The second-order valence-electron chi connectivity index (χ2n) is 7.95. The molecule has 9 heteroatoms. The molecule has 33 heavy (non-hydrogen) atoms. The number of carbonyl (C=O) groups is 1. The number of hydrogen-bond acceptors (Lipinski definition) is 6. The zero-order chi connectivity index (χ0) is 23.2. The number of nitrogens with one attached hydrogen (secondary N) is 1. The van der Waals surface area contributed by atoms with Gasteiger partial charge in [0.15, 0.2) is 11.0 Å². The minimum atomic E-state index is -0.497. The lowest BCUT2D eigenvalue weighted by molar-refractivity contribution is -0.115. The normalized spacial score (nSPS) is 15.1. The van der Waals surface area contributed by atoms with Crippen molar-refractivity contribution >= 4 is 23.4 Å². The third kappa shape index (κ3) is 5.59. The first-order chi connectivity index (χ1) is 16.0. The standard InChI is InChI=1S/C24H25FN6OS/c1-17(23(32)27-21-8-4-3-7-18(21)15-26)33-24-29-28-22(16-30-13-5-2-6-14-30)31(24)20-11-9-19(25)10-12-20/h3-4,7-12,17H,2,5-6,13-14,16H2,1H3,(H,27,32). The fourth-order valence-corrected chi connectivity index (χ4v) is 4.67. The number of para-hydroxylation sites is 1. The van der Waals surface area contributed by atoms with Crippen molar-refractivity contribution < 1.29 is 9.18 Å². The predicted octanol–water partition coefficient (Wildman–Crippen LogP) is 4.38. The average molecular weight is 465 g/mol. The summed E-state index contributed by atoms with van der Waals surface area (Å²) in [5, 5.41) is 20.9. The highest BCUT2D eigenvalue weighted by Crippen LogP contribution is 2.28. The van der Waals surface area contributed by atoms with E-state index in [-0.39, 0.29) is 11.7 Å². The molecular weight excluding hydrogens is 439 g/mol. The van der Waals surface area contributed by atoms with E-state index in [9.17, 15) is 14.4 Å². The molecule has 1 saturated heterocycles. The van der Waals surface area contributed by atoms with Gasteiger partial charge in [-0.1, -0.05) is 30.3 Å². The molecule has 7 nitrogen and oxygen atoms in total. The highest BCUT2D eigenvalue weighted by Gasteiger charge is 2.23. The van der Waals surface area contributed by atoms with Crippen LogP contribution >= 0.6 is 11.8 Å². The molecule has 0 saturated carbocycles. The summed E-state index contributed by atoms with van der Waals surface area (Å²) in [4.78, 5) is 15.2. The highest BCUT2D eigenvalue weighted by atomic mass is 32.2. The molecule has 1 fully saturated rings. The van der Waals surface area contributed by atoms with Crippen LogP contribution in [-0.2, 0) is 11.3 Å². The van der Waals surface area contributed by atoms with Gasteiger partial charge in [0.2, 0.25) is 5.91 Å². The Bertz CT molecular complexity index is 1150. The lowest BCUT2D eigenvalue weighted by Gasteiger charge is -2.26. The number of hydrogen-bond donors (Lipinski definition) is 1. The van der Waals surface area contributed by atoms with Gasteiger partial charge in [0.1, 0.15) is 11.9 Å². The number of likely N-dealkylation sites (tertiary alicyclic amines) is 1. The van der Waals surface area contributed by atoms with Crippen LogP contribution in [0.4, 0.5) is 10.1 Å². The van der Waals surface area contributed by atoms with Gasteiger partial charge < -0.3 is 5.32 Å². The minimum absolute atomic E-state index is 0.242. The lowest BCUT2D eigenvalue weighted by Crippen LogP contribution is -2.30. The molecule has 1 aliphatic heterocycles. The van der Waals surface area contributed by atoms with Crippen molar-refractivity contribution in [2.75, 3.05) is 18.4 Å². The SMILES string of the molecule is CC(Sc1nnc(CN2CCCCC2)n1-c1ccc(F)cc1)C(=O)Nc1ccccc1C#N. The smallest absolute Gasteiger partial charge is 0.237 e. The molecule has 2 aromatic carbocycles. The summed E-state index contributed by atoms with van der Waals surface area (Å²) in [5.41, 5.74) is 1.63. The van der Waals surface area contributed by atoms with Gasteiger partial charge in [-0.3, -0.25) is 14.3 Å². The Morgan fingerprint density at radius 2 is 1.88 bits per heavy atom. The van der Waals surface area contributed by atoms with E-state index in [4.69, 9.17) is 0 Å². The van der Waals surface area contributed by atoms with Crippen molar-refractivity contribution in [3.05, 3.63) is 65.7 Å². The number of anilines is 1. The molecule has 3 aromatic rings. The minimum Gasteiger partial charge on any atom is -0.324 e. The molecule has 1 unspecified atom stereocenters. The number of piperidine rings is 1. The van der Waals surface area contributed by atoms with Crippen LogP contribution in [0.15, 0.2) is 53.7 Å². The molecule has 0 radical (unpaired) electrons. The van der Waals surface area contributed by atoms with Gasteiger partial charge in [-0.2, -0.15) is 5.26 Å². The van der Waals surface area contributed by atoms with E-state index in [2.05, 4.69) is 26.5 Å². The van der Waals surface area contributed by atoms with Crippen LogP contribution in [0.1, 0.15) is 37.6 Å². The van der Waals surface area contributed by atoms with Crippen LogP contribution in [0.25, 0.3) is 5.69 Å². The van der Waals surface area contributed by atoms with Gasteiger partial charge in [0.25, 0.3) is 0 Å². The van der Waals surface area contributed by atoms with Crippen molar-refractivity contribution in [1.29, 1.82) is 5.26 Å². The number of aromatic nitrogens is 3. The maximum absolute atomic E-state index is 13.6. The van der Waals surface area contributed by atoms with Gasteiger partial charge >= 0.3 is 0 Å². The second kappa shape index (κ2) is 10.6. The van der Waals surface area contributed by atoms with Gasteiger partial charge in [-0.05, 0) is 69.3 Å². The van der Waals surface area contributed by atoms with Crippen molar-refractivity contribution in [3.8, 4) is 11.8 Å². The van der Waals surface area contributed by atoms with Gasteiger partial charge in [-0.15, -0.1) is 10.2 Å². The molecule has 4 rings (SSSR count). The summed E-state index contributed by atoms with van der Waals surface area (Å²) in [7, 11) is 0. The Kier molecular flexibility index (Phi) is 7.37. The number of rotatable bonds is 7. The van der Waals surface area contributed by atoms with Crippen LogP contribution in [0, 0.1) is 17.1 Å². The zero-order valence-corrected chi connectivity index (χ0v) is 19.2. The number of halogens is 1. The second-order valence-corrected chi connectivity index (χ2v) is 9.26.